The summed E-state index contributed by atoms with van der Waals surface area (Å²) in [5.74, 6) is 1.97. The van der Waals surface area contributed by atoms with Crippen LogP contribution in [0.2, 0.25) is 0 Å². The van der Waals surface area contributed by atoms with Crippen molar-refractivity contribution in [2.45, 2.75) is 31.7 Å². The number of fused-ring (bicyclic) bond motifs is 2. The monoisotopic (exact) mass is 397 g/mol. The van der Waals surface area contributed by atoms with Gasteiger partial charge in [-0.2, -0.15) is 0 Å². The highest BCUT2D eigenvalue weighted by Gasteiger charge is 2.39. The third-order valence-corrected chi connectivity index (χ3v) is 6.26. The Labute approximate surface area is 170 Å². The molecule has 3 unspecified atom stereocenters. The summed E-state index contributed by atoms with van der Waals surface area (Å²) in [7, 11) is 1.60. The molecule has 7 nitrogen and oxygen atoms in total. The molecule has 4 atom stereocenters. The number of ether oxygens (including phenoxy) is 1. The van der Waals surface area contributed by atoms with Crippen LogP contribution < -0.4 is 15.4 Å². The number of carbonyl (C=O) groups is 3. The van der Waals surface area contributed by atoms with Crippen molar-refractivity contribution in [3.8, 4) is 5.75 Å². The van der Waals surface area contributed by atoms with Gasteiger partial charge in [-0.1, -0.05) is 24.3 Å². The van der Waals surface area contributed by atoms with Crippen molar-refractivity contribution in [3.05, 3.63) is 42.0 Å². The van der Waals surface area contributed by atoms with Gasteiger partial charge >= 0.3 is 6.03 Å². The smallest absolute Gasteiger partial charge is 0.324 e. The molecule has 29 heavy (non-hydrogen) atoms. The molecule has 4 rings (SSSR count). The van der Waals surface area contributed by atoms with E-state index in [0.29, 0.717) is 30.7 Å². The molecule has 1 saturated carbocycles. The number of urea groups is 1. The number of benzene rings is 1. The first-order chi connectivity index (χ1) is 14.0. The maximum Gasteiger partial charge on any atom is 0.324 e. The number of nitrogens with zero attached hydrogens (tertiary/aromatic N) is 1. The van der Waals surface area contributed by atoms with Crippen LogP contribution in [0.5, 0.6) is 5.75 Å². The van der Waals surface area contributed by atoms with E-state index in [1.54, 1.807) is 7.11 Å². The summed E-state index contributed by atoms with van der Waals surface area (Å²) in [6, 6.07) is 6.30. The second-order valence-corrected chi connectivity index (χ2v) is 8.14. The third-order valence-electron chi connectivity index (χ3n) is 6.26. The first-order valence-corrected chi connectivity index (χ1v) is 10.2. The highest BCUT2D eigenvalue weighted by atomic mass is 16.5. The molecule has 1 aliphatic heterocycles. The van der Waals surface area contributed by atoms with Crippen molar-refractivity contribution in [1.82, 2.24) is 15.5 Å². The normalized spacial score (nSPS) is 27.4. The van der Waals surface area contributed by atoms with Gasteiger partial charge in [-0.05, 0) is 54.7 Å². The zero-order chi connectivity index (χ0) is 20.4. The second kappa shape index (κ2) is 8.27. The SMILES string of the molecule is COc1ccc(CCN2C(=O)N[C@@H](CC(=O)NCC3CC4C=CC3C4)C2=O)cc1. The maximum absolute atomic E-state index is 12.6. The van der Waals surface area contributed by atoms with E-state index in [-0.39, 0.29) is 24.8 Å². The fourth-order valence-electron chi connectivity index (χ4n) is 4.59. The quantitative estimate of drug-likeness (QED) is 0.518. The van der Waals surface area contributed by atoms with Gasteiger partial charge in [0, 0.05) is 13.1 Å². The molecule has 0 spiro atoms. The molecular weight excluding hydrogens is 370 g/mol. The predicted octanol–water partition coefficient (Wildman–Crippen LogP) is 1.88. The van der Waals surface area contributed by atoms with Crippen molar-refractivity contribution in [2.24, 2.45) is 17.8 Å². The summed E-state index contributed by atoms with van der Waals surface area (Å²) >= 11 is 0. The van der Waals surface area contributed by atoms with Crippen LogP contribution >= 0.6 is 0 Å². The van der Waals surface area contributed by atoms with E-state index in [2.05, 4.69) is 22.8 Å². The zero-order valence-corrected chi connectivity index (χ0v) is 16.6. The number of methoxy groups -OCH3 is 1. The second-order valence-electron chi connectivity index (χ2n) is 8.14. The standard InChI is InChI=1S/C22H27N3O4/c1-29-18-6-3-14(4-7-18)8-9-25-21(27)19(24-22(25)28)12-20(26)23-13-17-11-15-2-5-16(17)10-15/h2-7,15-17,19H,8-13H2,1H3,(H,23,26)(H,24,28)/t15?,16?,17?,19-/m0/s1. The van der Waals surface area contributed by atoms with Crippen molar-refractivity contribution >= 4 is 17.8 Å². The number of allylic oxidation sites excluding steroid dienone is 2. The van der Waals surface area contributed by atoms with Crippen molar-refractivity contribution in [2.75, 3.05) is 20.2 Å². The summed E-state index contributed by atoms with van der Waals surface area (Å²) < 4.78 is 5.13. The van der Waals surface area contributed by atoms with Gasteiger partial charge in [0.25, 0.3) is 5.91 Å². The van der Waals surface area contributed by atoms with Crippen molar-refractivity contribution in [1.29, 1.82) is 0 Å². The summed E-state index contributed by atoms with van der Waals surface area (Å²) in [6.07, 6.45) is 7.39. The number of rotatable bonds is 8. The fraction of sp³-hybridized carbons (Fsp3) is 0.500. The topological polar surface area (TPSA) is 87.7 Å². The molecule has 4 amide bonds. The molecule has 2 bridgehead atoms. The Balaban J connectivity index is 1.23. The van der Waals surface area contributed by atoms with Gasteiger partial charge in [-0.25, -0.2) is 4.79 Å². The third kappa shape index (κ3) is 4.28. The highest BCUT2D eigenvalue weighted by molar-refractivity contribution is 6.05. The van der Waals surface area contributed by atoms with Gasteiger partial charge < -0.3 is 15.4 Å². The summed E-state index contributed by atoms with van der Waals surface area (Å²) in [6.45, 7) is 0.924. The van der Waals surface area contributed by atoms with Crippen LogP contribution in [0.1, 0.15) is 24.8 Å². The Morgan fingerprint density at radius 3 is 2.66 bits per heavy atom. The lowest BCUT2D eigenvalue weighted by molar-refractivity contribution is -0.130. The molecule has 2 fully saturated rings. The van der Waals surface area contributed by atoms with Crippen LogP contribution in [0.25, 0.3) is 0 Å². The minimum absolute atomic E-state index is 0.0136. The fourth-order valence-corrected chi connectivity index (χ4v) is 4.59. The summed E-state index contributed by atoms with van der Waals surface area (Å²) in [5, 5.41) is 5.59. The molecule has 1 aromatic carbocycles. The minimum atomic E-state index is -0.779. The van der Waals surface area contributed by atoms with E-state index >= 15 is 0 Å². The Morgan fingerprint density at radius 2 is 2.00 bits per heavy atom. The molecule has 3 aliphatic rings. The average molecular weight is 397 g/mol. The van der Waals surface area contributed by atoms with Crippen LogP contribution in [0.4, 0.5) is 4.79 Å². The number of hydrogen-bond acceptors (Lipinski definition) is 4. The van der Waals surface area contributed by atoms with Gasteiger partial charge in [0.2, 0.25) is 5.91 Å². The lowest BCUT2D eigenvalue weighted by Crippen LogP contribution is -2.38. The molecule has 2 aliphatic carbocycles. The number of imide groups is 1. The Bertz CT molecular complexity index is 820. The Hall–Kier alpha value is -2.83. The van der Waals surface area contributed by atoms with E-state index in [1.807, 2.05) is 24.3 Å². The summed E-state index contributed by atoms with van der Waals surface area (Å²) in [4.78, 5) is 38.3. The van der Waals surface area contributed by atoms with Crippen LogP contribution in [0.15, 0.2) is 36.4 Å². The molecule has 154 valence electrons. The molecular formula is C22H27N3O4. The van der Waals surface area contributed by atoms with Gasteiger partial charge in [0.05, 0.1) is 13.5 Å². The van der Waals surface area contributed by atoms with Crippen LogP contribution in [-0.2, 0) is 16.0 Å². The first-order valence-electron chi connectivity index (χ1n) is 10.2. The van der Waals surface area contributed by atoms with Crippen LogP contribution in [-0.4, -0.2) is 49.0 Å². The average Bonchev–Trinajstić information content (AvgIpc) is 3.41. The molecule has 0 aromatic heterocycles. The Morgan fingerprint density at radius 1 is 1.21 bits per heavy atom. The molecule has 0 radical (unpaired) electrons. The van der Waals surface area contributed by atoms with Crippen LogP contribution in [0.3, 0.4) is 0 Å². The number of nitrogens with one attached hydrogen (secondary N) is 2. The van der Waals surface area contributed by atoms with E-state index in [1.165, 1.54) is 11.3 Å². The maximum atomic E-state index is 12.6. The van der Waals surface area contributed by atoms with Crippen molar-refractivity contribution < 1.29 is 19.1 Å². The number of carbonyl (C=O) groups excluding carboxylic acids is 3. The van der Waals surface area contributed by atoms with E-state index in [9.17, 15) is 14.4 Å². The van der Waals surface area contributed by atoms with E-state index in [4.69, 9.17) is 4.74 Å². The minimum Gasteiger partial charge on any atom is -0.497 e. The first kappa shape index (κ1) is 19.5. The van der Waals surface area contributed by atoms with Gasteiger partial charge in [-0.3, -0.25) is 14.5 Å². The zero-order valence-electron chi connectivity index (χ0n) is 16.6. The number of hydrogen-bond donors (Lipinski definition) is 2. The summed E-state index contributed by atoms with van der Waals surface area (Å²) in [5.41, 5.74) is 1.01. The van der Waals surface area contributed by atoms with Gasteiger partial charge in [-0.15, -0.1) is 0 Å². The lowest BCUT2D eigenvalue weighted by Gasteiger charge is -2.19. The molecule has 1 aromatic rings. The largest absolute Gasteiger partial charge is 0.497 e. The predicted molar refractivity (Wildman–Crippen MR) is 107 cm³/mol. The molecule has 2 N–H and O–H groups in total. The van der Waals surface area contributed by atoms with E-state index in [0.717, 1.165) is 17.7 Å². The molecule has 1 saturated heterocycles. The van der Waals surface area contributed by atoms with Crippen LogP contribution in [0, 0.1) is 17.8 Å². The number of amides is 4. The lowest BCUT2D eigenvalue weighted by atomic mass is 9.93. The van der Waals surface area contributed by atoms with Gasteiger partial charge in [0.1, 0.15) is 11.8 Å². The van der Waals surface area contributed by atoms with Gasteiger partial charge in [0.15, 0.2) is 0 Å². The van der Waals surface area contributed by atoms with E-state index < -0.39 is 12.1 Å². The molecule has 1 heterocycles. The Kier molecular flexibility index (Phi) is 5.56. The molecule has 7 heteroatoms. The van der Waals surface area contributed by atoms with Crippen molar-refractivity contribution in [3.63, 3.8) is 0 Å². The highest BCUT2D eigenvalue weighted by Crippen LogP contribution is 2.42.